The van der Waals surface area contributed by atoms with Crippen LogP contribution in [-0.2, 0) is 4.79 Å². The molecule has 3 heteroatoms. The first kappa shape index (κ1) is 19.3. The zero-order valence-corrected chi connectivity index (χ0v) is 14.6. The smallest absolute Gasteiger partial charge is 0.243 e. The molecule has 0 aliphatic rings. The summed E-state index contributed by atoms with van der Waals surface area (Å²) in [6.45, 7) is 3.01. The highest BCUT2D eigenvalue weighted by molar-refractivity contribution is 5.91. The molecule has 0 radical (unpaired) electrons. The van der Waals surface area contributed by atoms with Gasteiger partial charge in [0.05, 0.1) is 7.11 Å². The molecule has 0 fully saturated rings. The van der Waals surface area contributed by atoms with Crippen LogP contribution in [-0.4, -0.2) is 19.6 Å². The molecule has 1 rings (SSSR count). The second-order valence-electron chi connectivity index (χ2n) is 5.87. The van der Waals surface area contributed by atoms with Gasteiger partial charge in [-0.3, -0.25) is 4.79 Å². The summed E-state index contributed by atoms with van der Waals surface area (Å²) >= 11 is 0. The highest BCUT2D eigenvalue weighted by atomic mass is 16.5. The summed E-state index contributed by atoms with van der Waals surface area (Å²) < 4.78 is 5.10. The Morgan fingerprint density at radius 2 is 1.61 bits per heavy atom. The molecule has 0 heterocycles. The van der Waals surface area contributed by atoms with E-state index in [-0.39, 0.29) is 5.91 Å². The lowest BCUT2D eigenvalue weighted by molar-refractivity contribution is -0.116. The summed E-state index contributed by atoms with van der Waals surface area (Å²) in [4.78, 5) is 11.7. The number of nitrogens with one attached hydrogen (secondary N) is 1. The molecule has 0 aliphatic heterocycles. The maximum absolute atomic E-state index is 11.7. The van der Waals surface area contributed by atoms with Crippen molar-refractivity contribution in [2.45, 2.75) is 58.3 Å². The van der Waals surface area contributed by atoms with Gasteiger partial charge < -0.3 is 10.1 Å². The van der Waals surface area contributed by atoms with E-state index in [0.717, 1.165) is 24.3 Å². The van der Waals surface area contributed by atoms with Crippen LogP contribution < -0.4 is 10.1 Å². The number of amides is 1. The van der Waals surface area contributed by atoms with Gasteiger partial charge in [0.25, 0.3) is 0 Å². The van der Waals surface area contributed by atoms with Crippen molar-refractivity contribution in [3.05, 3.63) is 35.9 Å². The highest BCUT2D eigenvalue weighted by Gasteiger charge is 1.96. The third-order valence-corrected chi connectivity index (χ3v) is 3.87. The third-order valence-electron chi connectivity index (χ3n) is 3.87. The largest absolute Gasteiger partial charge is 0.497 e. The minimum atomic E-state index is -0.0243. The van der Waals surface area contributed by atoms with Crippen LogP contribution in [0, 0.1) is 0 Å². The molecule has 0 aliphatic carbocycles. The van der Waals surface area contributed by atoms with Crippen LogP contribution in [0.15, 0.2) is 30.3 Å². The van der Waals surface area contributed by atoms with E-state index in [1.165, 1.54) is 44.9 Å². The number of ether oxygens (including phenoxy) is 1. The maximum Gasteiger partial charge on any atom is 0.243 e. The van der Waals surface area contributed by atoms with Gasteiger partial charge in [0.15, 0.2) is 0 Å². The van der Waals surface area contributed by atoms with Crippen LogP contribution in [0.4, 0.5) is 0 Å². The first-order valence-electron chi connectivity index (χ1n) is 8.86. The summed E-state index contributed by atoms with van der Waals surface area (Å²) in [6, 6.07) is 7.64. The van der Waals surface area contributed by atoms with Gasteiger partial charge in [-0.25, -0.2) is 0 Å². The number of carbonyl (C=O) groups excluding carboxylic acids is 1. The fourth-order valence-electron chi connectivity index (χ4n) is 2.42. The standard InChI is InChI=1S/C20H31NO2/c1-3-4-5-6-7-8-9-10-17-21-20(22)16-13-18-11-14-19(23-2)15-12-18/h11-16H,3-10,17H2,1-2H3,(H,21,22)/b16-13+. The lowest BCUT2D eigenvalue weighted by Crippen LogP contribution is -2.21. The molecule has 0 spiro atoms. The summed E-state index contributed by atoms with van der Waals surface area (Å²) in [7, 11) is 1.64. The first-order valence-corrected chi connectivity index (χ1v) is 8.86. The highest BCUT2D eigenvalue weighted by Crippen LogP contribution is 2.12. The molecule has 128 valence electrons. The molecule has 0 aromatic heterocycles. The van der Waals surface area contributed by atoms with Gasteiger partial charge >= 0.3 is 0 Å². The lowest BCUT2D eigenvalue weighted by atomic mass is 10.1. The van der Waals surface area contributed by atoms with Gasteiger partial charge in [0.2, 0.25) is 5.91 Å². The Hall–Kier alpha value is -1.77. The van der Waals surface area contributed by atoms with E-state index in [0.29, 0.717) is 0 Å². The van der Waals surface area contributed by atoms with Crippen molar-refractivity contribution in [2.24, 2.45) is 0 Å². The second kappa shape index (κ2) is 12.7. The van der Waals surface area contributed by atoms with Gasteiger partial charge in [-0.2, -0.15) is 0 Å². The number of benzene rings is 1. The fourth-order valence-corrected chi connectivity index (χ4v) is 2.42. The van der Waals surface area contributed by atoms with Crippen molar-refractivity contribution in [1.82, 2.24) is 5.32 Å². The quantitative estimate of drug-likeness (QED) is 0.437. The molecule has 3 nitrogen and oxygen atoms in total. The van der Waals surface area contributed by atoms with Crippen LogP contribution in [0.5, 0.6) is 5.75 Å². The second-order valence-corrected chi connectivity index (χ2v) is 5.87. The molecule has 0 atom stereocenters. The van der Waals surface area contributed by atoms with E-state index < -0.39 is 0 Å². The molecule has 1 aromatic rings. The first-order chi connectivity index (χ1) is 11.3. The van der Waals surface area contributed by atoms with Gasteiger partial charge in [-0.15, -0.1) is 0 Å². The molecular weight excluding hydrogens is 286 g/mol. The van der Waals surface area contributed by atoms with Crippen molar-refractivity contribution in [1.29, 1.82) is 0 Å². The Morgan fingerprint density at radius 3 is 2.22 bits per heavy atom. The molecule has 0 saturated carbocycles. The van der Waals surface area contributed by atoms with E-state index >= 15 is 0 Å². The Morgan fingerprint density at radius 1 is 1.00 bits per heavy atom. The third kappa shape index (κ3) is 9.77. The lowest BCUT2D eigenvalue weighted by Gasteiger charge is -2.03. The number of unbranched alkanes of at least 4 members (excludes halogenated alkanes) is 7. The Bertz CT molecular complexity index is 451. The number of hydrogen-bond donors (Lipinski definition) is 1. The van der Waals surface area contributed by atoms with Crippen molar-refractivity contribution < 1.29 is 9.53 Å². The van der Waals surface area contributed by atoms with Crippen molar-refractivity contribution in [3.8, 4) is 5.75 Å². The maximum atomic E-state index is 11.7. The predicted molar refractivity (Wildman–Crippen MR) is 97.6 cm³/mol. The summed E-state index contributed by atoms with van der Waals surface area (Å²) in [5, 5.41) is 2.94. The summed E-state index contributed by atoms with van der Waals surface area (Å²) in [5.74, 6) is 0.796. The Kier molecular flexibility index (Phi) is 10.7. The molecule has 23 heavy (non-hydrogen) atoms. The van der Waals surface area contributed by atoms with Gasteiger partial charge in [0.1, 0.15) is 5.75 Å². The zero-order chi connectivity index (χ0) is 16.8. The van der Waals surface area contributed by atoms with Crippen molar-refractivity contribution >= 4 is 12.0 Å². The summed E-state index contributed by atoms with van der Waals surface area (Å²) in [5.41, 5.74) is 0.994. The van der Waals surface area contributed by atoms with Crippen LogP contribution in [0.1, 0.15) is 63.9 Å². The molecule has 1 N–H and O–H groups in total. The van der Waals surface area contributed by atoms with E-state index in [9.17, 15) is 4.79 Å². The van der Waals surface area contributed by atoms with Crippen LogP contribution in [0.2, 0.25) is 0 Å². The van der Waals surface area contributed by atoms with Crippen LogP contribution in [0.25, 0.3) is 6.08 Å². The van der Waals surface area contributed by atoms with Crippen molar-refractivity contribution in [2.75, 3.05) is 13.7 Å². The molecule has 1 amide bonds. The fraction of sp³-hybridized carbons (Fsp3) is 0.550. The normalized spacial score (nSPS) is 10.9. The number of hydrogen-bond acceptors (Lipinski definition) is 2. The Balaban J connectivity index is 2.06. The number of carbonyl (C=O) groups is 1. The average molecular weight is 317 g/mol. The topological polar surface area (TPSA) is 38.3 Å². The SMILES string of the molecule is CCCCCCCCCCNC(=O)/C=C/c1ccc(OC)cc1. The van der Waals surface area contributed by atoms with E-state index in [4.69, 9.17) is 4.74 Å². The molecule has 0 unspecified atom stereocenters. The molecule has 0 bridgehead atoms. The molecule has 1 aromatic carbocycles. The summed E-state index contributed by atoms with van der Waals surface area (Å²) in [6.07, 6.45) is 13.7. The molecule has 0 saturated heterocycles. The molecular formula is C20H31NO2. The predicted octanol–water partition coefficient (Wildman–Crippen LogP) is 4.97. The number of rotatable bonds is 12. The van der Waals surface area contributed by atoms with Crippen molar-refractivity contribution in [3.63, 3.8) is 0 Å². The zero-order valence-electron chi connectivity index (χ0n) is 14.6. The van der Waals surface area contributed by atoms with Crippen LogP contribution in [0.3, 0.4) is 0 Å². The van der Waals surface area contributed by atoms with Gasteiger partial charge in [-0.1, -0.05) is 64.0 Å². The van der Waals surface area contributed by atoms with E-state index in [1.807, 2.05) is 30.3 Å². The van der Waals surface area contributed by atoms with Gasteiger partial charge in [0, 0.05) is 12.6 Å². The van der Waals surface area contributed by atoms with Crippen LogP contribution >= 0.6 is 0 Å². The average Bonchev–Trinajstić information content (AvgIpc) is 2.59. The minimum absolute atomic E-state index is 0.0243. The Labute approximate surface area is 141 Å². The minimum Gasteiger partial charge on any atom is -0.497 e. The van der Waals surface area contributed by atoms with Gasteiger partial charge in [-0.05, 0) is 30.2 Å². The monoisotopic (exact) mass is 317 g/mol. The number of methoxy groups -OCH3 is 1. The van der Waals surface area contributed by atoms with E-state index in [1.54, 1.807) is 13.2 Å². The van der Waals surface area contributed by atoms with E-state index in [2.05, 4.69) is 12.2 Å².